The highest BCUT2D eigenvalue weighted by Gasteiger charge is 2.32. The Labute approximate surface area is 138 Å². The summed E-state index contributed by atoms with van der Waals surface area (Å²) in [4.78, 5) is 11.7. The molecule has 0 atom stereocenters. The summed E-state index contributed by atoms with van der Waals surface area (Å²) in [6, 6.07) is 5.17. The van der Waals surface area contributed by atoms with Crippen LogP contribution in [0.15, 0.2) is 24.3 Å². The zero-order valence-electron chi connectivity index (χ0n) is 12.6. The summed E-state index contributed by atoms with van der Waals surface area (Å²) < 4.78 is 38.4. The van der Waals surface area contributed by atoms with Crippen LogP contribution in [0.2, 0.25) is 0 Å². The Hall–Kier alpha value is -1.61. The molecule has 2 rings (SSSR count). The van der Waals surface area contributed by atoms with Crippen LogP contribution in [-0.4, -0.2) is 23.5 Å². The Morgan fingerprint density at radius 2 is 1.96 bits per heavy atom. The molecule has 0 aromatic heterocycles. The van der Waals surface area contributed by atoms with E-state index in [1.165, 1.54) is 31.0 Å². The number of benzene rings is 1. The third-order valence-electron chi connectivity index (χ3n) is 3.58. The van der Waals surface area contributed by atoms with Crippen molar-refractivity contribution in [1.82, 2.24) is 5.32 Å². The van der Waals surface area contributed by atoms with Gasteiger partial charge in [-0.25, -0.2) is 0 Å². The van der Waals surface area contributed by atoms with Crippen LogP contribution < -0.4 is 5.32 Å². The summed E-state index contributed by atoms with van der Waals surface area (Å²) in [6.07, 6.45) is 0.344. The van der Waals surface area contributed by atoms with Crippen molar-refractivity contribution in [2.45, 2.75) is 37.1 Å². The first kappa shape index (κ1) is 17.7. The lowest BCUT2D eigenvalue weighted by atomic mass is 10.1. The summed E-state index contributed by atoms with van der Waals surface area (Å²) in [5, 5.41) is 3.18. The van der Waals surface area contributed by atoms with Crippen LogP contribution >= 0.6 is 11.8 Å². The molecule has 124 valence electrons. The van der Waals surface area contributed by atoms with Gasteiger partial charge in [-0.15, -0.1) is 11.8 Å². The van der Waals surface area contributed by atoms with E-state index in [0.29, 0.717) is 11.0 Å². The molecular weight excluding hydrogens is 323 g/mol. The first-order chi connectivity index (χ1) is 11.0. The van der Waals surface area contributed by atoms with Gasteiger partial charge in [0.25, 0.3) is 0 Å². The van der Waals surface area contributed by atoms with Gasteiger partial charge in [-0.2, -0.15) is 13.2 Å². The number of alkyl halides is 3. The van der Waals surface area contributed by atoms with E-state index in [9.17, 15) is 18.0 Å². The molecule has 23 heavy (non-hydrogen) atoms. The molecule has 0 bridgehead atoms. The molecule has 0 heterocycles. The summed E-state index contributed by atoms with van der Waals surface area (Å²) in [5.74, 6) is 5.32. The molecule has 1 saturated carbocycles. The van der Waals surface area contributed by atoms with Crippen LogP contribution in [0.5, 0.6) is 0 Å². The van der Waals surface area contributed by atoms with Crippen LogP contribution in [0, 0.1) is 11.8 Å². The molecule has 2 nitrogen and oxygen atoms in total. The number of hydrogen-bond donors (Lipinski definition) is 1. The summed E-state index contributed by atoms with van der Waals surface area (Å²) in [7, 11) is 0. The van der Waals surface area contributed by atoms with Gasteiger partial charge in [0.15, 0.2) is 0 Å². The van der Waals surface area contributed by atoms with Crippen molar-refractivity contribution in [3.63, 3.8) is 0 Å². The number of carbonyl (C=O) groups excluding carboxylic acids is 1. The van der Waals surface area contributed by atoms with E-state index in [-0.39, 0.29) is 18.0 Å². The third-order valence-corrected chi connectivity index (χ3v) is 4.95. The molecule has 1 amide bonds. The highest BCUT2D eigenvalue weighted by atomic mass is 32.2. The third kappa shape index (κ3) is 5.83. The van der Waals surface area contributed by atoms with E-state index in [0.717, 1.165) is 18.9 Å². The number of nitrogens with one attached hydrogen (secondary N) is 1. The van der Waals surface area contributed by atoms with E-state index in [4.69, 9.17) is 0 Å². The lowest BCUT2D eigenvalue weighted by Crippen LogP contribution is -2.26. The van der Waals surface area contributed by atoms with Gasteiger partial charge < -0.3 is 5.32 Å². The lowest BCUT2D eigenvalue weighted by Gasteiger charge is -2.08. The summed E-state index contributed by atoms with van der Waals surface area (Å²) >= 11 is 1.64. The molecule has 0 spiro atoms. The first-order valence-corrected chi connectivity index (χ1v) is 8.55. The molecule has 1 N–H and O–H groups in total. The number of thioether (sulfide) groups is 1. The fraction of sp³-hybridized carbons (Fsp3) is 0.471. The quantitative estimate of drug-likeness (QED) is 0.843. The second-order valence-corrected chi connectivity index (χ2v) is 6.63. The van der Waals surface area contributed by atoms with Crippen LogP contribution in [0.1, 0.15) is 36.8 Å². The van der Waals surface area contributed by atoms with E-state index in [1.54, 1.807) is 11.8 Å². The van der Waals surface area contributed by atoms with Crippen LogP contribution in [0.25, 0.3) is 0 Å². The van der Waals surface area contributed by atoms with Crippen molar-refractivity contribution >= 4 is 17.7 Å². The van der Waals surface area contributed by atoms with E-state index >= 15 is 0 Å². The van der Waals surface area contributed by atoms with Gasteiger partial charge in [0.2, 0.25) is 5.91 Å². The highest BCUT2D eigenvalue weighted by Crippen LogP contribution is 2.31. The van der Waals surface area contributed by atoms with Crippen LogP contribution in [0.3, 0.4) is 0 Å². The Morgan fingerprint density at radius 3 is 2.65 bits per heavy atom. The van der Waals surface area contributed by atoms with Gasteiger partial charge in [-0.3, -0.25) is 4.79 Å². The smallest absolute Gasteiger partial charge is 0.344 e. The van der Waals surface area contributed by atoms with E-state index in [2.05, 4.69) is 17.2 Å². The van der Waals surface area contributed by atoms with Crippen LogP contribution in [-0.2, 0) is 11.0 Å². The maximum Gasteiger partial charge on any atom is 0.417 e. The molecule has 0 radical (unpaired) electrons. The van der Waals surface area contributed by atoms with Crippen LogP contribution in [0.4, 0.5) is 13.2 Å². The maximum atomic E-state index is 12.8. The molecule has 1 aromatic rings. The Balaban J connectivity index is 1.80. The van der Waals surface area contributed by atoms with Crippen molar-refractivity contribution in [2.24, 2.45) is 0 Å². The molecule has 0 saturated heterocycles. The molecule has 0 unspecified atom stereocenters. The fourth-order valence-corrected chi connectivity index (χ4v) is 3.58. The Morgan fingerprint density at radius 1 is 1.26 bits per heavy atom. The van der Waals surface area contributed by atoms with Gasteiger partial charge in [0, 0.05) is 10.8 Å². The van der Waals surface area contributed by atoms with Gasteiger partial charge in [0.1, 0.15) is 0 Å². The summed E-state index contributed by atoms with van der Waals surface area (Å²) in [5.41, 5.74) is -0.829. The van der Waals surface area contributed by atoms with Crippen molar-refractivity contribution < 1.29 is 18.0 Å². The second-order valence-electron chi connectivity index (χ2n) is 5.34. The molecule has 1 fully saturated rings. The highest BCUT2D eigenvalue weighted by molar-refractivity contribution is 8.00. The zero-order valence-corrected chi connectivity index (χ0v) is 13.4. The SMILES string of the molecule is O=C(CSC1CCCC1)NCC#Cc1ccccc1C(F)(F)F. The molecule has 1 aliphatic carbocycles. The normalized spacial score (nSPS) is 15.1. The first-order valence-electron chi connectivity index (χ1n) is 7.50. The van der Waals surface area contributed by atoms with Crippen molar-refractivity contribution in [1.29, 1.82) is 0 Å². The molecule has 1 aromatic carbocycles. The predicted molar refractivity (Wildman–Crippen MR) is 86.0 cm³/mol. The minimum atomic E-state index is -4.42. The number of amides is 1. The zero-order chi connectivity index (χ0) is 16.7. The predicted octanol–water partition coefficient (Wildman–Crippen LogP) is 3.85. The van der Waals surface area contributed by atoms with E-state index < -0.39 is 11.7 Å². The monoisotopic (exact) mass is 341 g/mol. The van der Waals surface area contributed by atoms with Crippen molar-refractivity contribution in [3.8, 4) is 11.8 Å². The number of rotatable bonds is 4. The van der Waals surface area contributed by atoms with Crippen molar-refractivity contribution in [3.05, 3.63) is 35.4 Å². The standard InChI is InChI=1S/C17H18F3NOS/c18-17(19,20)15-10-4-1-6-13(15)7-5-11-21-16(22)12-23-14-8-2-3-9-14/h1,4,6,10,14H,2-3,8-9,11-12H2,(H,21,22). The minimum absolute atomic E-state index is 0.0518. The Bertz CT molecular complexity index is 598. The van der Waals surface area contributed by atoms with Gasteiger partial charge in [-0.1, -0.05) is 36.8 Å². The second kappa shape index (κ2) is 8.30. The number of hydrogen-bond acceptors (Lipinski definition) is 2. The molecule has 0 aliphatic heterocycles. The molecular formula is C17H18F3NOS. The van der Waals surface area contributed by atoms with Gasteiger partial charge in [-0.05, 0) is 25.0 Å². The maximum absolute atomic E-state index is 12.8. The minimum Gasteiger partial charge on any atom is -0.344 e. The van der Waals surface area contributed by atoms with Gasteiger partial charge >= 0.3 is 6.18 Å². The van der Waals surface area contributed by atoms with Gasteiger partial charge in [0.05, 0.1) is 17.9 Å². The molecule has 6 heteroatoms. The summed E-state index contributed by atoms with van der Waals surface area (Å²) in [6.45, 7) is 0.0518. The lowest BCUT2D eigenvalue weighted by molar-refractivity contribution is -0.137. The number of carbonyl (C=O) groups is 1. The van der Waals surface area contributed by atoms with E-state index in [1.807, 2.05) is 0 Å². The topological polar surface area (TPSA) is 29.1 Å². The average Bonchev–Trinajstić information content (AvgIpc) is 3.02. The number of halogens is 3. The Kier molecular flexibility index (Phi) is 6.40. The largest absolute Gasteiger partial charge is 0.417 e. The van der Waals surface area contributed by atoms with Crippen molar-refractivity contribution in [2.75, 3.05) is 12.3 Å². The molecule has 1 aliphatic rings. The average molecular weight is 341 g/mol. The fourth-order valence-electron chi connectivity index (χ4n) is 2.42.